The lowest BCUT2D eigenvalue weighted by molar-refractivity contribution is -0.384. The molecule has 142 valence electrons. The smallest absolute Gasteiger partial charge is 0.271 e. The minimum atomic E-state index is -0.490. The van der Waals surface area contributed by atoms with Crippen molar-refractivity contribution in [1.29, 1.82) is 0 Å². The summed E-state index contributed by atoms with van der Waals surface area (Å²) in [6, 6.07) is 11.2. The van der Waals surface area contributed by atoms with Crippen LogP contribution >= 0.6 is 12.2 Å². The topological polar surface area (TPSA) is 93.5 Å². The third-order valence-electron chi connectivity index (χ3n) is 3.79. The summed E-state index contributed by atoms with van der Waals surface area (Å²) >= 11 is 5.14. The van der Waals surface area contributed by atoms with E-state index in [-0.39, 0.29) is 16.7 Å². The molecule has 0 radical (unpaired) electrons. The van der Waals surface area contributed by atoms with Crippen LogP contribution in [0.2, 0.25) is 0 Å². The van der Waals surface area contributed by atoms with Crippen molar-refractivity contribution in [3.05, 3.63) is 63.7 Å². The number of nitro groups is 1. The Balaban J connectivity index is 1.96. The van der Waals surface area contributed by atoms with Gasteiger partial charge >= 0.3 is 0 Å². The Kier molecular flexibility index (Phi) is 7.25. The molecule has 27 heavy (non-hydrogen) atoms. The van der Waals surface area contributed by atoms with Crippen LogP contribution in [0.25, 0.3) is 0 Å². The van der Waals surface area contributed by atoms with Crippen molar-refractivity contribution in [2.24, 2.45) is 0 Å². The third kappa shape index (κ3) is 6.03. The fourth-order valence-electron chi connectivity index (χ4n) is 2.22. The summed E-state index contributed by atoms with van der Waals surface area (Å²) in [5, 5.41) is 16.3. The van der Waals surface area contributed by atoms with Gasteiger partial charge in [0.25, 0.3) is 11.6 Å². The first-order chi connectivity index (χ1) is 12.9. The number of anilines is 1. The molecule has 0 fully saturated rings. The van der Waals surface area contributed by atoms with Gasteiger partial charge in [0.1, 0.15) is 5.75 Å². The quantitative estimate of drug-likeness (QED) is 0.320. The number of rotatable bonds is 7. The largest absolute Gasteiger partial charge is 0.494 e. The van der Waals surface area contributed by atoms with Crippen molar-refractivity contribution in [2.45, 2.75) is 26.7 Å². The van der Waals surface area contributed by atoms with Crippen LogP contribution in [-0.2, 0) is 0 Å². The molecule has 7 nitrogen and oxygen atoms in total. The zero-order chi connectivity index (χ0) is 19.8. The molecule has 0 heterocycles. The van der Waals surface area contributed by atoms with E-state index < -0.39 is 4.92 Å². The van der Waals surface area contributed by atoms with E-state index in [9.17, 15) is 14.9 Å². The molecule has 0 aliphatic rings. The third-order valence-corrected chi connectivity index (χ3v) is 3.99. The van der Waals surface area contributed by atoms with E-state index >= 15 is 0 Å². The summed E-state index contributed by atoms with van der Waals surface area (Å²) in [7, 11) is 0. The fraction of sp³-hybridized carbons (Fsp3) is 0.263. The molecule has 1 amide bonds. The second-order valence-electron chi connectivity index (χ2n) is 5.89. The number of ether oxygens (including phenoxy) is 1. The number of amides is 1. The van der Waals surface area contributed by atoms with Crippen molar-refractivity contribution in [3.63, 3.8) is 0 Å². The SMILES string of the molecule is CCCCOc1ccc(C(=O)NC(=S)Nc2cc([N+](=O)[O-])ccc2C)cc1. The number of unbranched alkanes of at least 4 members (excludes halogenated alkanes) is 1. The van der Waals surface area contributed by atoms with Crippen LogP contribution in [0.4, 0.5) is 11.4 Å². The van der Waals surface area contributed by atoms with E-state index in [1.165, 1.54) is 12.1 Å². The van der Waals surface area contributed by atoms with Gasteiger partial charge in [0.2, 0.25) is 0 Å². The average molecular weight is 387 g/mol. The number of hydrogen-bond donors (Lipinski definition) is 2. The molecular formula is C19H21N3O4S. The summed E-state index contributed by atoms with van der Waals surface area (Å²) < 4.78 is 5.56. The monoisotopic (exact) mass is 387 g/mol. The summed E-state index contributed by atoms with van der Waals surface area (Å²) in [6.07, 6.45) is 2.02. The highest BCUT2D eigenvalue weighted by Gasteiger charge is 2.12. The number of nitrogens with one attached hydrogen (secondary N) is 2. The van der Waals surface area contributed by atoms with Crippen molar-refractivity contribution < 1.29 is 14.5 Å². The highest BCUT2D eigenvalue weighted by molar-refractivity contribution is 7.80. The fourth-order valence-corrected chi connectivity index (χ4v) is 2.43. The van der Waals surface area contributed by atoms with Crippen molar-refractivity contribution in [1.82, 2.24) is 5.32 Å². The van der Waals surface area contributed by atoms with E-state index in [1.807, 2.05) is 0 Å². The number of aryl methyl sites for hydroxylation is 1. The van der Waals surface area contributed by atoms with Crippen LogP contribution in [0.5, 0.6) is 5.75 Å². The van der Waals surface area contributed by atoms with Gasteiger partial charge in [0.15, 0.2) is 5.11 Å². The molecule has 0 aliphatic carbocycles. The number of hydrogen-bond acceptors (Lipinski definition) is 5. The van der Waals surface area contributed by atoms with Gasteiger partial charge in [-0.15, -0.1) is 0 Å². The van der Waals surface area contributed by atoms with E-state index in [2.05, 4.69) is 17.6 Å². The van der Waals surface area contributed by atoms with Gasteiger partial charge in [-0.3, -0.25) is 20.2 Å². The molecule has 0 saturated heterocycles. The summed E-state index contributed by atoms with van der Waals surface area (Å²) in [5.41, 5.74) is 1.61. The maximum Gasteiger partial charge on any atom is 0.271 e. The molecular weight excluding hydrogens is 366 g/mol. The molecule has 0 aliphatic heterocycles. The minimum absolute atomic E-state index is 0.0594. The Morgan fingerprint density at radius 2 is 1.93 bits per heavy atom. The van der Waals surface area contributed by atoms with Gasteiger partial charge in [-0.1, -0.05) is 19.4 Å². The highest BCUT2D eigenvalue weighted by Crippen LogP contribution is 2.21. The van der Waals surface area contributed by atoms with Gasteiger partial charge in [-0.05, 0) is 55.4 Å². The van der Waals surface area contributed by atoms with E-state index in [0.717, 1.165) is 18.4 Å². The molecule has 0 bridgehead atoms. The second-order valence-corrected chi connectivity index (χ2v) is 6.30. The first kappa shape index (κ1) is 20.3. The Bertz CT molecular complexity index is 837. The maximum absolute atomic E-state index is 12.3. The first-order valence-corrected chi connectivity index (χ1v) is 8.91. The lowest BCUT2D eigenvalue weighted by Gasteiger charge is -2.12. The Labute approximate surface area is 162 Å². The number of nitro benzene ring substituents is 1. The molecule has 0 saturated carbocycles. The number of carbonyl (C=O) groups excluding carboxylic acids is 1. The predicted octanol–water partition coefficient (Wildman–Crippen LogP) is 4.21. The standard InChI is InChI=1S/C19H21N3O4S/c1-3-4-11-26-16-9-6-14(7-10-16)18(23)21-19(27)20-17-12-15(22(24)25)8-5-13(17)2/h5-10,12H,3-4,11H2,1-2H3,(H2,20,21,23,27). The normalized spacial score (nSPS) is 10.1. The Morgan fingerprint density at radius 3 is 2.56 bits per heavy atom. The van der Waals surface area contributed by atoms with E-state index in [0.29, 0.717) is 23.6 Å². The van der Waals surface area contributed by atoms with Gasteiger partial charge in [-0.2, -0.15) is 0 Å². The van der Waals surface area contributed by atoms with Crippen LogP contribution in [0.3, 0.4) is 0 Å². The number of carbonyl (C=O) groups is 1. The molecule has 0 spiro atoms. The predicted molar refractivity (Wildman–Crippen MR) is 108 cm³/mol. The Morgan fingerprint density at radius 1 is 1.22 bits per heavy atom. The van der Waals surface area contributed by atoms with Crippen LogP contribution in [-0.4, -0.2) is 22.5 Å². The molecule has 2 aromatic rings. The molecule has 2 rings (SSSR count). The van der Waals surface area contributed by atoms with E-state index in [4.69, 9.17) is 17.0 Å². The first-order valence-electron chi connectivity index (χ1n) is 8.51. The minimum Gasteiger partial charge on any atom is -0.494 e. The van der Waals surface area contributed by atoms with Crippen molar-refractivity contribution >= 4 is 34.6 Å². The zero-order valence-corrected chi connectivity index (χ0v) is 16.0. The van der Waals surface area contributed by atoms with Crippen molar-refractivity contribution in [3.8, 4) is 5.75 Å². The van der Waals surface area contributed by atoms with Gasteiger partial charge in [0, 0.05) is 23.4 Å². The highest BCUT2D eigenvalue weighted by atomic mass is 32.1. The van der Waals surface area contributed by atoms with Crippen LogP contribution < -0.4 is 15.4 Å². The van der Waals surface area contributed by atoms with Crippen LogP contribution in [0, 0.1) is 17.0 Å². The number of thiocarbonyl (C=S) groups is 1. The zero-order valence-electron chi connectivity index (χ0n) is 15.2. The lowest BCUT2D eigenvalue weighted by Crippen LogP contribution is -2.34. The summed E-state index contributed by atoms with van der Waals surface area (Å²) in [5.74, 6) is 0.323. The Hall–Kier alpha value is -3.00. The van der Waals surface area contributed by atoms with Gasteiger partial charge in [0.05, 0.1) is 11.5 Å². The van der Waals surface area contributed by atoms with Gasteiger partial charge < -0.3 is 10.1 Å². The second kappa shape index (κ2) is 9.63. The number of non-ortho nitro benzene ring substituents is 1. The average Bonchev–Trinajstić information content (AvgIpc) is 2.64. The maximum atomic E-state index is 12.3. The molecule has 2 N–H and O–H groups in total. The lowest BCUT2D eigenvalue weighted by atomic mass is 10.2. The summed E-state index contributed by atoms with van der Waals surface area (Å²) in [6.45, 7) is 4.51. The number of nitrogens with zero attached hydrogens (tertiary/aromatic N) is 1. The van der Waals surface area contributed by atoms with Crippen LogP contribution in [0.1, 0.15) is 35.7 Å². The van der Waals surface area contributed by atoms with Gasteiger partial charge in [-0.25, -0.2) is 0 Å². The molecule has 0 atom stereocenters. The van der Waals surface area contributed by atoms with Crippen LogP contribution in [0.15, 0.2) is 42.5 Å². The van der Waals surface area contributed by atoms with Crippen molar-refractivity contribution in [2.75, 3.05) is 11.9 Å². The molecule has 8 heteroatoms. The van der Waals surface area contributed by atoms with E-state index in [1.54, 1.807) is 37.3 Å². The molecule has 0 unspecified atom stereocenters. The number of benzene rings is 2. The summed E-state index contributed by atoms with van der Waals surface area (Å²) in [4.78, 5) is 22.7. The molecule has 2 aromatic carbocycles. The molecule has 0 aromatic heterocycles.